The average Bonchev–Trinajstić information content (AvgIpc) is 2.72. The number of nitrogens with zero attached hydrogens (tertiary/aromatic N) is 2. The molecule has 0 bridgehead atoms. The van der Waals surface area contributed by atoms with Crippen LogP contribution in [0, 0.1) is 0 Å². The minimum Gasteiger partial charge on any atom is -0.494 e. The number of rotatable bonds is 7. The van der Waals surface area contributed by atoms with Gasteiger partial charge in [0.1, 0.15) is 11.0 Å². The quantitative estimate of drug-likeness (QED) is 0.547. The van der Waals surface area contributed by atoms with E-state index >= 15 is 0 Å². The van der Waals surface area contributed by atoms with Crippen molar-refractivity contribution < 1.29 is 14.3 Å². The Balaban J connectivity index is 1.75. The maximum absolute atomic E-state index is 12.8. The van der Waals surface area contributed by atoms with Gasteiger partial charge in [-0.25, -0.2) is 4.99 Å². The number of ether oxygens (including phenoxy) is 1. The van der Waals surface area contributed by atoms with Gasteiger partial charge in [0.2, 0.25) is 11.8 Å². The molecular weight excluding hydrogens is 457 g/mol. The van der Waals surface area contributed by atoms with Crippen molar-refractivity contribution in [2.75, 3.05) is 18.5 Å². The van der Waals surface area contributed by atoms with Gasteiger partial charge in [-0.2, -0.15) is 0 Å². The lowest BCUT2D eigenvalue weighted by molar-refractivity contribution is -0.129. The number of carbonyl (C=O) groups is 2. The summed E-state index contributed by atoms with van der Waals surface area (Å²) >= 11 is 13.4. The van der Waals surface area contributed by atoms with Crippen LogP contribution >= 0.6 is 35.0 Å². The molecule has 0 spiro atoms. The summed E-state index contributed by atoms with van der Waals surface area (Å²) in [7, 11) is 0. The fraction of sp³-hybridized carbons (Fsp3) is 0.318. The van der Waals surface area contributed by atoms with Gasteiger partial charge in [-0.3, -0.25) is 14.5 Å². The van der Waals surface area contributed by atoms with Crippen LogP contribution in [0.4, 0.5) is 11.4 Å². The van der Waals surface area contributed by atoms with Gasteiger partial charge in [-0.15, -0.1) is 0 Å². The fourth-order valence-electron chi connectivity index (χ4n) is 2.94. The third-order valence-corrected chi connectivity index (χ3v) is 6.04. The van der Waals surface area contributed by atoms with E-state index in [1.54, 1.807) is 47.4 Å². The van der Waals surface area contributed by atoms with Crippen LogP contribution in [0.5, 0.6) is 5.75 Å². The molecule has 1 unspecified atom stereocenters. The zero-order valence-corrected chi connectivity index (χ0v) is 19.6. The number of aliphatic imine (C=N–C) groups is 1. The van der Waals surface area contributed by atoms with Crippen molar-refractivity contribution in [2.24, 2.45) is 4.99 Å². The molecule has 1 aliphatic heterocycles. The molecule has 1 heterocycles. The second kappa shape index (κ2) is 10.9. The molecule has 1 N–H and O–H groups in total. The van der Waals surface area contributed by atoms with Crippen LogP contribution in [0.25, 0.3) is 0 Å². The van der Waals surface area contributed by atoms with E-state index in [4.69, 9.17) is 27.9 Å². The largest absolute Gasteiger partial charge is 0.494 e. The highest BCUT2D eigenvalue weighted by Gasteiger charge is 2.35. The Labute approximate surface area is 196 Å². The zero-order chi connectivity index (χ0) is 22.4. The number of hydrogen-bond acceptors (Lipinski definition) is 5. The van der Waals surface area contributed by atoms with E-state index in [1.165, 1.54) is 11.8 Å². The number of amides is 2. The molecule has 164 valence electrons. The van der Waals surface area contributed by atoms with Gasteiger partial charge in [-0.05, 0) is 55.8 Å². The molecule has 1 fully saturated rings. The Morgan fingerprint density at radius 2 is 1.87 bits per heavy atom. The van der Waals surface area contributed by atoms with Gasteiger partial charge >= 0.3 is 0 Å². The van der Waals surface area contributed by atoms with Gasteiger partial charge in [0.25, 0.3) is 0 Å². The summed E-state index contributed by atoms with van der Waals surface area (Å²) in [6, 6.07) is 12.1. The van der Waals surface area contributed by atoms with E-state index in [0.717, 1.165) is 12.2 Å². The maximum Gasteiger partial charge on any atom is 0.238 e. The molecule has 9 heteroatoms. The van der Waals surface area contributed by atoms with Gasteiger partial charge in [-0.1, -0.05) is 41.9 Å². The summed E-state index contributed by atoms with van der Waals surface area (Å²) in [5.74, 6) is 0.333. The number of nitrogens with one attached hydrogen (secondary N) is 1. The molecule has 1 saturated heterocycles. The number of benzene rings is 2. The lowest BCUT2D eigenvalue weighted by atomic mass is 10.2. The van der Waals surface area contributed by atoms with Crippen molar-refractivity contribution in [2.45, 2.75) is 31.9 Å². The molecule has 31 heavy (non-hydrogen) atoms. The highest BCUT2D eigenvalue weighted by Crippen LogP contribution is 2.32. The average molecular weight is 480 g/mol. The number of amidine groups is 1. The topological polar surface area (TPSA) is 71.0 Å². The summed E-state index contributed by atoms with van der Waals surface area (Å²) in [4.78, 5) is 31.6. The van der Waals surface area contributed by atoms with Crippen LogP contribution in [-0.2, 0) is 9.59 Å². The summed E-state index contributed by atoms with van der Waals surface area (Å²) in [6.07, 6.45) is 1.02. The molecule has 2 aromatic rings. The number of halogens is 2. The lowest BCUT2D eigenvalue weighted by Crippen LogP contribution is -2.45. The third kappa shape index (κ3) is 6.38. The van der Waals surface area contributed by atoms with E-state index in [0.29, 0.717) is 39.7 Å². The normalized spacial score (nSPS) is 17.7. The van der Waals surface area contributed by atoms with Crippen molar-refractivity contribution in [3.63, 3.8) is 0 Å². The Kier molecular flexibility index (Phi) is 8.23. The van der Waals surface area contributed by atoms with Crippen LogP contribution in [0.3, 0.4) is 0 Å². The van der Waals surface area contributed by atoms with Gasteiger partial charge in [0, 0.05) is 28.7 Å². The SMILES string of the molecule is CCCOc1ccc(NC(=O)C2CC(=O)N(CC)C(=Nc3cc(Cl)cc(Cl)c3)S2)cc1. The van der Waals surface area contributed by atoms with Crippen molar-refractivity contribution in [1.29, 1.82) is 0 Å². The van der Waals surface area contributed by atoms with Crippen LogP contribution in [0.15, 0.2) is 47.5 Å². The Morgan fingerprint density at radius 1 is 1.19 bits per heavy atom. The minimum atomic E-state index is -0.597. The molecule has 2 aromatic carbocycles. The predicted octanol–water partition coefficient (Wildman–Crippen LogP) is 5.76. The summed E-state index contributed by atoms with van der Waals surface area (Å²) in [5, 5.41) is 3.61. The molecule has 0 saturated carbocycles. The van der Waals surface area contributed by atoms with E-state index in [-0.39, 0.29) is 18.2 Å². The van der Waals surface area contributed by atoms with E-state index in [9.17, 15) is 9.59 Å². The Bertz CT molecular complexity index is 962. The van der Waals surface area contributed by atoms with E-state index in [2.05, 4.69) is 10.3 Å². The molecule has 6 nitrogen and oxygen atoms in total. The molecule has 1 aliphatic rings. The van der Waals surface area contributed by atoms with Gasteiger partial charge < -0.3 is 10.1 Å². The Hall–Kier alpha value is -2.22. The smallest absolute Gasteiger partial charge is 0.238 e. The third-order valence-electron chi connectivity index (χ3n) is 4.42. The summed E-state index contributed by atoms with van der Waals surface area (Å²) in [6.45, 7) is 4.99. The fourth-order valence-corrected chi connectivity index (χ4v) is 4.62. The van der Waals surface area contributed by atoms with E-state index in [1.807, 2.05) is 13.8 Å². The first kappa shape index (κ1) is 23.4. The predicted molar refractivity (Wildman–Crippen MR) is 128 cm³/mol. The van der Waals surface area contributed by atoms with Crippen LogP contribution in [-0.4, -0.2) is 40.3 Å². The van der Waals surface area contributed by atoms with Crippen LogP contribution in [0.1, 0.15) is 26.7 Å². The molecule has 3 rings (SSSR count). The molecule has 0 radical (unpaired) electrons. The van der Waals surface area contributed by atoms with Gasteiger partial charge in [0.05, 0.1) is 12.3 Å². The van der Waals surface area contributed by atoms with E-state index < -0.39 is 5.25 Å². The zero-order valence-electron chi connectivity index (χ0n) is 17.2. The minimum absolute atomic E-state index is 0.0946. The Morgan fingerprint density at radius 3 is 2.48 bits per heavy atom. The molecular formula is C22H23Cl2N3O3S. The molecule has 2 amide bonds. The number of thioether (sulfide) groups is 1. The van der Waals surface area contributed by atoms with Crippen molar-refractivity contribution in [3.05, 3.63) is 52.5 Å². The first-order chi connectivity index (χ1) is 14.9. The standard InChI is InChI=1S/C22H23Cl2N3O3S/c1-3-9-30-18-7-5-16(6-8-18)25-21(29)19-13-20(28)27(4-2)22(31-19)26-17-11-14(23)10-15(24)12-17/h5-8,10-12,19H,3-4,9,13H2,1-2H3,(H,25,29). The maximum atomic E-state index is 12.8. The lowest BCUT2D eigenvalue weighted by Gasteiger charge is -2.31. The first-order valence-electron chi connectivity index (χ1n) is 9.95. The summed E-state index contributed by atoms with van der Waals surface area (Å²) < 4.78 is 5.56. The summed E-state index contributed by atoms with van der Waals surface area (Å²) in [5.41, 5.74) is 1.16. The monoisotopic (exact) mass is 479 g/mol. The number of carbonyl (C=O) groups excluding carboxylic acids is 2. The molecule has 0 aromatic heterocycles. The number of anilines is 1. The second-order valence-electron chi connectivity index (χ2n) is 6.83. The van der Waals surface area contributed by atoms with Crippen LogP contribution in [0.2, 0.25) is 10.0 Å². The number of hydrogen-bond donors (Lipinski definition) is 1. The first-order valence-corrected chi connectivity index (χ1v) is 11.6. The van der Waals surface area contributed by atoms with Crippen molar-refractivity contribution in [3.8, 4) is 5.75 Å². The van der Waals surface area contributed by atoms with Crippen molar-refractivity contribution >= 4 is 63.3 Å². The molecule has 1 atom stereocenters. The van der Waals surface area contributed by atoms with Gasteiger partial charge in [0.15, 0.2) is 5.17 Å². The highest BCUT2D eigenvalue weighted by molar-refractivity contribution is 8.15. The second-order valence-corrected chi connectivity index (χ2v) is 8.88. The highest BCUT2D eigenvalue weighted by atomic mass is 35.5. The van der Waals surface area contributed by atoms with Crippen LogP contribution < -0.4 is 10.1 Å². The molecule has 0 aliphatic carbocycles. The van der Waals surface area contributed by atoms with Crippen molar-refractivity contribution in [1.82, 2.24) is 4.90 Å².